The predicted octanol–water partition coefficient (Wildman–Crippen LogP) is 4.30. The molecule has 1 N–H and O–H groups in total. The molecule has 0 aliphatic carbocycles. The molecular formula is C24H31F6N3O2. The van der Waals surface area contributed by atoms with Gasteiger partial charge in [0.15, 0.2) is 0 Å². The minimum Gasteiger partial charge on any atom is -0.372 e. The minimum absolute atomic E-state index is 0.0121. The van der Waals surface area contributed by atoms with Crippen molar-refractivity contribution in [2.75, 3.05) is 32.7 Å². The molecule has 196 valence electrons. The Hall–Kier alpha value is -1.85. The van der Waals surface area contributed by atoms with Crippen LogP contribution in [0.5, 0.6) is 0 Å². The van der Waals surface area contributed by atoms with E-state index in [0.717, 1.165) is 19.6 Å². The number of benzene rings is 1. The SMILES string of the molecule is CCN1CCN(C(=O)C2CC3(C)NC2CCC3OCc2cc(C(F)(F)F)cc(C(F)(F)F)c2)CC1. The van der Waals surface area contributed by atoms with E-state index in [1.165, 1.54) is 0 Å². The highest BCUT2D eigenvalue weighted by Gasteiger charge is 2.53. The zero-order chi connectivity index (χ0) is 25.6. The minimum atomic E-state index is -4.90. The summed E-state index contributed by atoms with van der Waals surface area (Å²) >= 11 is 0. The van der Waals surface area contributed by atoms with Gasteiger partial charge in [0.2, 0.25) is 5.91 Å². The van der Waals surface area contributed by atoms with Crippen molar-refractivity contribution in [1.82, 2.24) is 15.1 Å². The second-order valence-electron chi connectivity index (χ2n) is 10.0. The molecule has 2 bridgehead atoms. The van der Waals surface area contributed by atoms with Crippen molar-refractivity contribution < 1.29 is 35.9 Å². The first-order valence-corrected chi connectivity index (χ1v) is 12.0. The standard InChI is InChI=1S/C24H31F6N3O2/c1-3-32-6-8-33(9-7-32)21(34)18-13-22(2)20(5-4-19(18)31-22)35-14-15-10-16(23(25,26)27)12-17(11-15)24(28,29)30/h10-12,18-20,31H,3-9,13-14H2,1-2H3. The summed E-state index contributed by atoms with van der Waals surface area (Å²) in [5.41, 5.74) is -3.47. The second kappa shape index (κ2) is 9.55. The number of hydrogen-bond acceptors (Lipinski definition) is 4. The number of piperazine rings is 1. The van der Waals surface area contributed by atoms with Gasteiger partial charge in [0, 0.05) is 37.8 Å². The number of likely N-dealkylation sites (N-methyl/N-ethyl adjacent to an activating group) is 1. The Balaban J connectivity index is 1.43. The Morgan fingerprint density at radius 1 is 1.03 bits per heavy atom. The van der Waals surface area contributed by atoms with E-state index in [9.17, 15) is 31.1 Å². The average Bonchev–Trinajstić information content (AvgIpc) is 3.08. The van der Waals surface area contributed by atoms with Crippen LogP contribution in [-0.2, 0) is 28.5 Å². The summed E-state index contributed by atoms with van der Waals surface area (Å²) in [4.78, 5) is 17.4. The van der Waals surface area contributed by atoms with Gasteiger partial charge in [0.1, 0.15) is 0 Å². The third-order valence-corrected chi connectivity index (χ3v) is 7.64. The lowest BCUT2D eigenvalue weighted by atomic mass is 9.88. The van der Waals surface area contributed by atoms with Crippen molar-refractivity contribution in [1.29, 1.82) is 0 Å². The van der Waals surface area contributed by atoms with Crippen LogP contribution in [0.25, 0.3) is 0 Å². The predicted molar refractivity (Wildman–Crippen MR) is 116 cm³/mol. The maximum atomic E-state index is 13.2. The molecule has 0 aromatic heterocycles. The number of alkyl halides is 6. The van der Waals surface area contributed by atoms with E-state index in [4.69, 9.17) is 4.74 Å². The number of rotatable bonds is 5. The summed E-state index contributed by atoms with van der Waals surface area (Å²) in [5, 5.41) is 3.47. The van der Waals surface area contributed by atoms with Crippen molar-refractivity contribution in [3.63, 3.8) is 0 Å². The highest BCUT2D eigenvalue weighted by Crippen LogP contribution is 2.42. The summed E-state index contributed by atoms with van der Waals surface area (Å²) in [5.74, 6) is -0.109. The van der Waals surface area contributed by atoms with Gasteiger partial charge in [-0.15, -0.1) is 0 Å². The van der Waals surface area contributed by atoms with E-state index < -0.39 is 35.1 Å². The highest BCUT2D eigenvalue weighted by molar-refractivity contribution is 5.80. The molecule has 0 spiro atoms. The van der Waals surface area contributed by atoms with E-state index in [1.807, 2.05) is 11.8 Å². The number of nitrogens with one attached hydrogen (secondary N) is 1. The zero-order valence-corrected chi connectivity index (χ0v) is 19.8. The second-order valence-corrected chi connectivity index (χ2v) is 10.0. The molecule has 35 heavy (non-hydrogen) atoms. The topological polar surface area (TPSA) is 44.8 Å². The van der Waals surface area contributed by atoms with Gasteiger partial charge >= 0.3 is 12.4 Å². The number of ether oxygens (including phenoxy) is 1. The first-order valence-electron chi connectivity index (χ1n) is 12.0. The number of hydrogen-bond donors (Lipinski definition) is 1. The van der Waals surface area contributed by atoms with Gasteiger partial charge in [0.05, 0.1) is 29.8 Å². The third-order valence-electron chi connectivity index (χ3n) is 7.64. The number of nitrogens with zero attached hydrogens (tertiary/aromatic N) is 2. The Kier molecular flexibility index (Phi) is 7.16. The normalized spacial score (nSPS) is 30.1. The molecule has 0 saturated carbocycles. The molecule has 11 heteroatoms. The van der Waals surface area contributed by atoms with Gasteiger partial charge in [0.25, 0.3) is 0 Å². The van der Waals surface area contributed by atoms with Crippen LogP contribution in [0.2, 0.25) is 0 Å². The summed E-state index contributed by atoms with van der Waals surface area (Å²) in [6.07, 6.45) is -8.48. The van der Waals surface area contributed by atoms with Crippen LogP contribution >= 0.6 is 0 Å². The van der Waals surface area contributed by atoms with Crippen LogP contribution < -0.4 is 5.32 Å². The molecule has 3 aliphatic rings. The van der Waals surface area contributed by atoms with Gasteiger partial charge in [-0.1, -0.05) is 6.92 Å². The summed E-state index contributed by atoms with van der Waals surface area (Å²) in [6.45, 7) is 7.62. The van der Waals surface area contributed by atoms with Crippen LogP contribution in [0.4, 0.5) is 26.3 Å². The molecule has 5 nitrogen and oxygen atoms in total. The molecule has 0 radical (unpaired) electrons. The number of amides is 1. The smallest absolute Gasteiger partial charge is 0.372 e. The quantitative estimate of drug-likeness (QED) is 0.604. The Morgan fingerprint density at radius 3 is 2.17 bits per heavy atom. The van der Waals surface area contributed by atoms with Gasteiger partial charge in [-0.25, -0.2) is 0 Å². The van der Waals surface area contributed by atoms with Crippen molar-refractivity contribution >= 4 is 5.91 Å². The monoisotopic (exact) mass is 507 g/mol. The van der Waals surface area contributed by atoms with Crippen molar-refractivity contribution in [2.45, 2.75) is 69.8 Å². The summed E-state index contributed by atoms with van der Waals surface area (Å²) in [7, 11) is 0. The molecule has 4 unspecified atom stereocenters. The fourth-order valence-corrected chi connectivity index (χ4v) is 5.67. The lowest BCUT2D eigenvalue weighted by Crippen LogP contribution is -2.55. The third kappa shape index (κ3) is 5.61. The summed E-state index contributed by atoms with van der Waals surface area (Å²) in [6, 6.07) is 1.51. The number of carbonyl (C=O) groups is 1. The van der Waals surface area contributed by atoms with Crippen molar-refractivity contribution in [3.05, 3.63) is 34.9 Å². The number of fused-ring (bicyclic) bond motifs is 2. The largest absolute Gasteiger partial charge is 0.416 e. The molecule has 1 amide bonds. The first-order chi connectivity index (χ1) is 16.3. The lowest BCUT2D eigenvalue weighted by molar-refractivity contribution is -0.143. The van der Waals surface area contributed by atoms with Gasteiger partial charge in [-0.3, -0.25) is 4.79 Å². The van der Waals surface area contributed by atoms with Crippen LogP contribution in [0.3, 0.4) is 0 Å². The van der Waals surface area contributed by atoms with Crippen LogP contribution in [0.15, 0.2) is 18.2 Å². The fraction of sp³-hybridized carbons (Fsp3) is 0.708. The maximum absolute atomic E-state index is 13.2. The lowest BCUT2D eigenvalue weighted by Gasteiger charge is -2.39. The molecule has 3 fully saturated rings. The summed E-state index contributed by atoms with van der Waals surface area (Å²) < 4.78 is 84.9. The fourth-order valence-electron chi connectivity index (χ4n) is 5.67. The number of halogens is 6. The molecule has 4 rings (SSSR count). The van der Waals surface area contributed by atoms with E-state index in [1.54, 1.807) is 0 Å². The van der Waals surface area contributed by atoms with E-state index in [2.05, 4.69) is 17.1 Å². The molecule has 1 aromatic rings. The molecule has 4 atom stereocenters. The van der Waals surface area contributed by atoms with Crippen LogP contribution in [0, 0.1) is 5.92 Å². The van der Waals surface area contributed by atoms with E-state index in [-0.39, 0.29) is 36.1 Å². The first kappa shape index (κ1) is 26.2. The molecule has 3 saturated heterocycles. The zero-order valence-electron chi connectivity index (χ0n) is 19.8. The molecule has 3 aliphatic heterocycles. The molecule has 1 aromatic carbocycles. The Bertz CT molecular complexity index is 897. The number of carbonyl (C=O) groups excluding carboxylic acids is 1. The van der Waals surface area contributed by atoms with Crippen LogP contribution in [-0.4, -0.2) is 66.1 Å². The van der Waals surface area contributed by atoms with Crippen LogP contribution in [0.1, 0.15) is 49.8 Å². The Labute approximate surface area is 200 Å². The highest BCUT2D eigenvalue weighted by atomic mass is 19.4. The Morgan fingerprint density at radius 2 is 1.63 bits per heavy atom. The van der Waals surface area contributed by atoms with Gasteiger partial charge in [-0.05, 0) is 56.5 Å². The molecule has 3 heterocycles. The average molecular weight is 508 g/mol. The molecular weight excluding hydrogens is 476 g/mol. The van der Waals surface area contributed by atoms with Crippen molar-refractivity contribution in [2.24, 2.45) is 5.92 Å². The van der Waals surface area contributed by atoms with Gasteiger partial charge in [-0.2, -0.15) is 26.3 Å². The number of piperidine rings is 1. The maximum Gasteiger partial charge on any atom is 0.416 e. The van der Waals surface area contributed by atoms with E-state index >= 15 is 0 Å². The van der Waals surface area contributed by atoms with Gasteiger partial charge < -0.3 is 19.9 Å². The van der Waals surface area contributed by atoms with E-state index in [0.29, 0.717) is 44.5 Å². The van der Waals surface area contributed by atoms with Crippen molar-refractivity contribution in [3.8, 4) is 0 Å².